The summed E-state index contributed by atoms with van der Waals surface area (Å²) < 4.78 is 40.1. The molecule has 176 valence electrons. The second-order valence-corrected chi connectivity index (χ2v) is 10.4. The standard InChI is InChI=1S/C26H34F3NO2/c1-17(2)13-24(25(31)32)22-15-20(18-5-7-23(8-6-18)26(27,28)29)14-21(16-22)19-9-11-30(3,4)12-10-19/h5,7,14-17,19,24H,6,8-13H2,1-4H3/p+1. The lowest BCUT2D eigenvalue weighted by Crippen LogP contribution is -2.45. The summed E-state index contributed by atoms with van der Waals surface area (Å²) in [5.41, 5.74) is 3.10. The van der Waals surface area contributed by atoms with Gasteiger partial charge in [-0.1, -0.05) is 44.2 Å². The summed E-state index contributed by atoms with van der Waals surface area (Å²) >= 11 is 0. The molecule has 1 aromatic carbocycles. The van der Waals surface area contributed by atoms with Gasteiger partial charge in [0.05, 0.1) is 33.1 Å². The van der Waals surface area contributed by atoms with Gasteiger partial charge in [0.1, 0.15) is 0 Å². The lowest BCUT2D eigenvalue weighted by atomic mass is 9.81. The molecule has 1 aliphatic heterocycles. The number of carboxylic acids is 1. The van der Waals surface area contributed by atoms with E-state index in [2.05, 4.69) is 20.2 Å². The number of likely N-dealkylation sites (tertiary alicyclic amines) is 1. The van der Waals surface area contributed by atoms with Gasteiger partial charge >= 0.3 is 12.1 Å². The Morgan fingerprint density at radius 2 is 1.75 bits per heavy atom. The fourth-order valence-corrected chi connectivity index (χ4v) is 4.86. The second-order valence-electron chi connectivity index (χ2n) is 10.4. The Balaban J connectivity index is 2.02. The summed E-state index contributed by atoms with van der Waals surface area (Å²) in [4.78, 5) is 12.1. The normalized spacial score (nSPS) is 20.6. The first-order valence-electron chi connectivity index (χ1n) is 11.5. The Bertz CT molecular complexity index is 902. The second kappa shape index (κ2) is 9.42. The van der Waals surface area contributed by atoms with Crippen molar-refractivity contribution in [3.63, 3.8) is 0 Å². The van der Waals surface area contributed by atoms with E-state index < -0.39 is 23.6 Å². The van der Waals surface area contributed by atoms with E-state index in [0.717, 1.165) is 52.7 Å². The first-order chi connectivity index (χ1) is 14.9. The molecule has 1 aliphatic carbocycles. The van der Waals surface area contributed by atoms with Crippen molar-refractivity contribution in [3.05, 3.63) is 52.6 Å². The highest BCUT2D eigenvalue weighted by molar-refractivity contribution is 5.78. The highest BCUT2D eigenvalue weighted by Gasteiger charge is 2.34. The molecule has 1 N–H and O–H groups in total. The van der Waals surface area contributed by atoms with Gasteiger partial charge in [-0.15, -0.1) is 0 Å². The van der Waals surface area contributed by atoms with Crippen LogP contribution in [-0.4, -0.2) is 48.9 Å². The Labute approximate surface area is 189 Å². The van der Waals surface area contributed by atoms with Gasteiger partial charge in [0.15, 0.2) is 0 Å². The highest BCUT2D eigenvalue weighted by Crippen LogP contribution is 2.39. The molecule has 32 heavy (non-hydrogen) atoms. The number of nitrogens with zero attached hydrogens (tertiary/aromatic N) is 1. The number of carboxylic acid groups (broad SMARTS) is 1. The third-order valence-corrected chi connectivity index (χ3v) is 6.91. The van der Waals surface area contributed by atoms with Gasteiger partial charge in [0.25, 0.3) is 0 Å². The van der Waals surface area contributed by atoms with Crippen LogP contribution < -0.4 is 0 Å². The predicted molar refractivity (Wildman–Crippen MR) is 121 cm³/mol. The number of piperidine rings is 1. The van der Waals surface area contributed by atoms with Gasteiger partial charge in [-0.25, -0.2) is 0 Å². The third kappa shape index (κ3) is 6.03. The van der Waals surface area contributed by atoms with Crippen LogP contribution in [-0.2, 0) is 4.79 Å². The summed E-state index contributed by atoms with van der Waals surface area (Å²) in [5, 5.41) is 9.92. The van der Waals surface area contributed by atoms with E-state index in [1.807, 2.05) is 26.0 Å². The highest BCUT2D eigenvalue weighted by atomic mass is 19.4. The summed E-state index contributed by atoms with van der Waals surface area (Å²) in [6, 6.07) is 6.03. The first-order valence-corrected chi connectivity index (χ1v) is 11.5. The van der Waals surface area contributed by atoms with Crippen LogP contribution in [0.5, 0.6) is 0 Å². The van der Waals surface area contributed by atoms with Gasteiger partial charge in [0.2, 0.25) is 0 Å². The molecule has 2 aliphatic rings. The minimum atomic E-state index is -4.30. The van der Waals surface area contributed by atoms with Crippen LogP contribution in [0, 0.1) is 5.92 Å². The minimum Gasteiger partial charge on any atom is -0.481 e. The average Bonchev–Trinajstić information content (AvgIpc) is 2.71. The largest absolute Gasteiger partial charge is 0.481 e. The number of alkyl halides is 3. The van der Waals surface area contributed by atoms with Crippen LogP contribution in [0.1, 0.15) is 74.5 Å². The van der Waals surface area contributed by atoms with Crippen LogP contribution in [0.25, 0.3) is 5.57 Å². The number of halogens is 3. The van der Waals surface area contributed by atoms with Crippen molar-refractivity contribution in [1.82, 2.24) is 0 Å². The van der Waals surface area contributed by atoms with Crippen LogP contribution >= 0.6 is 0 Å². The Morgan fingerprint density at radius 1 is 1.09 bits per heavy atom. The molecule has 1 heterocycles. The zero-order chi connectivity index (χ0) is 23.7. The molecule has 3 nitrogen and oxygen atoms in total. The molecule has 1 atom stereocenters. The predicted octanol–water partition coefficient (Wildman–Crippen LogP) is 6.52. The van der Waals surface area contributed by atoms with E-state index in [1.54, 1.807) is 6.08 Å². The average molecular weight is 451 g/mol. The van der Waals surface area contributed by atoms with E-state index >= 15 is 0 Å². The molecule has 0 amide bonds. The van der Waals surface area contributed by atoms with Crippen molar-refractivity contribution in [1.29, 1.82) is 0 Å². The van der Waals surface area contributed by atoms with E-state index in [-0.39, 0.29) is 12.3 Å². The molecular formula is C26H35F3NO2+. The smallest absolute Gasteiger partial charge is 0.412 e. The van der Waals surface area contributed by atoms with E-state index in [0.29, 0.717) is 18.8 Å². The van der Waals surface area contributed by atoms with Gasteiger partial charge in [-0.3, -0.25) is 4.79 Å². The maximum Gasteiger partial charge on any atom is 0.412 e. The van der Waals surface area contributed by atoms with E-state index in [9.17, 15) is 23.1 Å². The van der Waals surface area contributed by atoms with E-state index in [4.69, 9.17) is 0 Å². The maximum absolute atomic E-state index is 13.1. The minimum absolute atomic E-state index is 0.0433. The van der Waals surface area contributed by atoms with Crippen molar-refractivity contribution < 1.29 is 27.6 Å². The van der Waals surface area contributed by atoms with Crippen LogP contribution in [0.2, 0.25) is 0 Å². The number of aliphatic carboxylic acids is 1. The Hall–Kier alpha value is -2.08. The van der Waals surface area contributed by atoms with Gasteiger partial charge in [-0.05, 0) is 53.4 Å². The van der Waals surface area contributed by atoms with Gasteiger partial charge in [0, 0.05) is 18.4 Å². The van der Waals surface area contributed by atoms with Crippen molar-refractivity contribution in [2.75, 3.05) is 27.2 Å². The molecular weight excluding hydrogens is 415 g/mol. The quantitative estimate of drug-likeness (QED) is 0.501. The Morgan fingerprint density at radius 3 is 2.25 bits per heavy atom. The molecule has 3 rings (SSSR count). The van der Waals surface area contributed by atoms with Gasteiger partial charge in [-0.2, -0.15) is 13.2 Å². The molecule has 0 radical (unpaired) electrons. The lowest BCUT2D eigenvalue weighted by Gasteiger charge is -2.37. The van der Waals surface area contributed by atoms with Crippen molar-refractivity contribution >= 4 is 11.5 Å². The number of hydrogen-bond acceptors (Lipinski definition) is 1. The zero-order valence-corrected chi connectivity index (χ0v) is 19.5. The van der Waals surface area contributed by atoms with Crippen molar-refractivity contribution in [3.8, 4) is 0 Å². The number of hydrogen-bond donors (Lipinski definition) is 1. The van der Waals surface area contributed by atoms with E-state index in [1.165, 1.54) is 6.08 Å². The summed E-state index contributed by atoms with van der Waals surface area (Å²) in [6.45, 7) is 6.13. The molecule has 0 aromatic heterocycles. The molecule has 0 saturated carbocycles. The molecule has 1 unspecified atom stereocenters. The van der Waals surface area contributed by atoms with Crippen molar-refractivity contribution in [2.45, 2.75) is 64.0 Å². The molecule has 0 spiro atoms. The first kappa shape index (κ1) is 24.6. The van der Waals surface area contributed by atoms with Gasteiger partial charge < -0.3 is 9.59 Å². The van der Waals surface area contributed by atoms with Crippen molar-refractivity contribution in [2.24, 2.45) is 5.92 Å². The van der Waals surface area contributed by atoms with Crippen LogP contribution in [0.15, 0.2) is 35.9 Å². The number of carbonyl (C=O) groups is 1. The fraction of sp³-hybridized carbons (Fsp3) is 0.577. The Kier molecular flexibility index (Phi) is 7.23. The van der Waals surface area contributed by atoms with Crippen LogP contribution in [0.3, 0.4) is 0 Å². The number of quaternary nitrogens is 1. The molecule has 0 bridgehead atoms. The summed E-state index contributed by atoms with van der Waals surface area (Å²) in [7, 11) is 4.44. The molecule has 1 aromatic rings. The monoisotopic (exact) mass is 450 g/mol. The zero-order valence-electron chi connectivity index (χ0n) is 19.5. The maximum atomic E-state index is 13.1. The number of benzene rings is 1. The topological polar surface area (TPSA) is 37.3 Å². The molecule has 1 saturated heterocycles. The third-order valence-electron chi connectivity index (χ3n) is 6.91. The summed E-state index contributed by atoms with van der Waals surface area (Å²) in [5.74, 6) is -0.893. The number of allylic oxidation sites excluding steroid dienone is 4. The molecule has 1 fully saturated rings. The fourth-order valence-electron chi connectivity index (χ4n) is 4.86. The lowest BCUT2D eigenvalue weighted by molar-refractivity contribution is -0.895. The molecule has 6 heteroatoms. The number of rotatable bonds is 6. The van der Waals surface area contributed by atoms with Crippen LogP contribution in [0.4, 0.5) is 13.2 Å². The summed E-state index contributed by atoms with van der Waals surface area (Å²) in [6.07, 6.45) is 1.29. The SMILES string of the molecule is CC(C)CC(C(=O)O)c1cc(C2=CC=C(C(F)(F)F)CC2)cc(C2CC[N+](C)(C)CC2)c1.